The van der Waals surface area contributed by atoms with E-state index in [1.54, 1.807) is 12.1 Å². The van der Waals surface area contributed by atoms with Crippen LogP contribution in [0.15, 0.2) is 47.4 Å². The van der Waals surface area contributed by atoms with Crippen molar-refractivity contribution in [2.75, 3.05) is 29.6 Å². The summed E-state index contributed by atoms with van der Waals surface area (Å²) in [7, 11) is -3.73. The first-order valence-electron chi connectivity index (χ1n) is 8.53. The third-order valence-electron chi connectivity index (χ3n) is 4.56. The summed E-state index contributed by atoms with van der Waals surface area (Å²) < 4.78 is 23.7. The number of hydrogen-bond acceptors (Lipinski definition) is 7. The number of hydrogen-bond donors (Lipinski definition) is 2. The SMILES string of the molecule is CS(=O)(=O)c1cccc(Nc2ccc(N3CCC(O)CC3)cc2)c1[N+](=O)[O-]. The lowest BCUT2D eigenvalue weighted by molar-refractivity contribution is -0.386. The van der Waals surface area contributed by atoms with E-state index >= 15 is 0 Å². The van der Waals surface area contributed by atoms with Gasteiger partial charge in [0.1, 0.15) is 10.6 Å². The lowest BCUT2D eigenvalue weighted by atomic mass is 10.1. The molecule has 0 unspecified atom stereocenters. The van der Waals surface area contributed by atoms with E-state index in [0.29, 0.717) is 5.69 Å². The molecule has 1 aliphatic rings. The van der Waals surface area contributed by atoms with Crippen LogP contribution in [0.1, 0.15) is 12.8 Å². The van der Waals surface area contributed by atoms with E-state index in [4.69, 9.17) is 0 Å². The number of rotatable bonds is 5. The number of nitro benzene ring substituents is 1. The van der Waals surface area contributed by atoms with Crippen LogP contribution in [0.2, 0.25) is 0 Å². The minimum absolute atomic E-state index is 0.122. The first-order chi connectivity index (χ1) is 12.8. The van der Waals surface area contributed by atoms with Crippen molar-refractivity contribution < 1.29 is 18.4 Å². The number of anilines is 3. The van der Waals surface area contributed by atoms with Crippen LogP contribution >= 0.6 is 0 Å². The van der Waals surface area contributed by atoms with Gasteiger partial charge in [-0.3, -0.25) is 10.1 Å². The van der Waals surface area contributed by atoms with Gasteiger partial charge >= 0.3 is 5.69 Å². The largest absolute Gasteiger partial charge is 0.393 e. The molecule has 2 aromatic carbocycles. The van der Waals surface area contributed by atoms with Gasteiger partial charge in [0.15, 0.2) is 9.84 Å². The second kappa shape index (κ2) is 7.53. The first kappa shape index (κ1) is 19.1. The number of piperidine rings is 1. The molecule has 2 N–H and O–H groups in total. The number of nitrogens with one attached hydrogen (secondary N) is 1. The predicted molar refractivity (Wildman–Crippen MR) is 103 cm³/mol. The van der Waals surface area contributed by atoms with Gasteiger partial charge in [-0.05, 0) is 49.2 Å². The van der Waals surface area contributed by atoms with E-state index in [2.05, 4.69) is 10.2 Å². The van der Waals surface area contributed by atoms with Crippen LogP contribution in [0.3, 0.4) is 0 Å². The van der Waals surface area contributed by atoms with Crippen LogP contribution in [0.5, 0.6) is 0 Å². The molecule has 1 fully saturated rings. The zero-order valence-corrected chi connectivity index (χ0v) is 15.6. The fraction of sp³-hybridized carbons (Fsp3) is 0.333. The first-order valence-corrected chi connectivity index (χ1v) is 10.4. The third kappa shape index (κ3) is 4.37. The molecule has 0 aliphatic carbocycles. The molecule has 0 saturated carbocycles. The molecular weight excluding hydrogens is 370 g/mol. The Kier molecular flexibility index (Phi) is 5.33. The summed E-state index contributed by atoms with van der Waals surface area (Å²) in [6, 6.07) is 11.5. The molecule has 0 atom stereocenters. The van der Waals surface area contributed by atoms with Gasteiger partial charge in [0.2, 0.25) is 0 Å². The molecule has 1 saturated heterocycles. The predicted octanol–water partition coefficient (Wildman–Crippen LogP) is 2.70. The third-order valence-corrected chi connectivity index (χ3v) is 5.69. The maximum atomic E-state index is 11.9. The van der Waals surface area contributed by atoms with Crippen LogP contribution in [0, 0.1) is 10.1 Å². The molecule has 0 amide bonds. The molecule has 2 aromatic rings. The number of aliphatic hydroxyl groups excluding tert-OH is 1. The Hall–Kier alpha value is -2.65. The highest BCUT2D eigenvalue weighted by atomic mass is 32.2. The molecule has 144 valence electrons. The summed E-state index contributed by atoms with van der Waals surface area (Å²) in [5, 5.41) is 24.0. The number of benzene rings is 2. The zero-order valence-electron chi connectivity index (χ0n) is 14.8. The number of aliphatic hydroxyl groups is 1. The van der Waals surface area contributed by atoms with Crippen molar-refractivity contribution in [3.63, 3.8) is 0 Å². The molecular formula is C18H21N3O5S. The van der Waals surface area contributed by atoms with E-state index in [-0.39, 0.29) is 16.7 Å². The fourth-order valence-electron chi connectivity index (χ4n) is 3.15. The number of nitrogens with zero attached hydrogens (tertiary/aromatic N) is 2. The topological polar surface area (TPSA) is 113 Å². The summed E-state index contributed by atoms with van der Waals surface area (Å²) >= 11 is 0. The molecule has 1 heterocycles. The molecule has 0 spiro atoms. The standard InChI is InChI=1S/C18H21N3O5S/c1-27(25,26)17-4-2-3-16(18(17)21(23)24)19-13-5-7-14(8-6-13)20-11-9-15(22)10-12-20/h2-8,15,19,22H,9-12H2,1H3. The highest BCUT2D eigenvalue weighted by Gasteiger charge is 2.26. The van der Waals surface area contributed by atoms with Gasteiger partial charge in [-0.1, -0.05) is 6.07 Å². The quantitative estimate of drug-likeness (QED) is 0.595. The van der Waals surface area contributed by atoms with Crippen molar-refractivity contribution in [2.45, 2.75) is 23.8 Å². The number of para-hydroxylation sites is 1. The second-order valence-electron chi connectivity index (χ2n) is 6.57. The van der Waals surface area contributed by atoms with Crippen molar-refractivity contribution in [1.82, 2.24) is 0 Å². The Labute approximate surface area is 157 Å². The molecule has 1 aliphatic heterocycles. The van der Waals surface area contributed by atoms with E-state index < -0.39 is 20.4 Å². The van der Waals surface area contributed by atoms with Gasteiger partial charge < -0.3 is 15.3 Å². The lowest BCUT2D eigenvalue weighted by Gasteiger charge is -2.31. The number of nitro groups is 1. The van der Waals surface area contributed by atoms with Crippen molar-refractivity contribution in [3.05, 3.63) is 52.6 Å². The Morgan fingerprint density at radius 1 is 1.15 bits per heavy atom. The monoisotopic (exact) mass is 391 g/mol. The van der Waals surface area contributed by atoms with Crippen LogP contribution < -0.4 is 10.2 Å². The Morgan fingerprint density at radius 2 is 1.78 bits per heavy atom. The smallest absolute Gasteiger partial charge is 0.311 e. The average molecular weight is 391 g/mol. The van der Waals surface area contributed by atoms with E-state index in [1.165, 1.54) is 18.2 Å². The highest BCUT2D eigenvalue weighted by molar-refractivity contribution is 7.90. The summed E-state index contributed by atoms with van der Waals surface area (Å²) in [5.41, 5.74) is 1.28. The lowest BCUT2D eigenvalue weighted by Crippen LogP contribution is -2.35. The van der Waals surface area contributed by atoms with Gasteiger partial charge in [-0.25, -0.2) is 8.42 Å². The normalized spacial score (nSPS) is 15.6. The molecule has 8 nitrogen and oxygen atoms in total. The van der Waals surface area contributed by atoms with Gasteiger partial charge in [-0.2, -0.15) is 0 Å². The van der Waals surface area contributed by atoms with Crippen molar-refractivity contribution in [2.24, 2.45) is 0 Å². The minimum atomic E-state index is -3.73. The zero-order chi connectivity index (χ0) is 19.6. The summed E-state index contributed by atoms with van der Waals surface area (Å²) in [4.78, 5) is 12.6. The summed E-state index contributed by atoms with van der Waals surface area (Å²) in [6.45, 7) is 1.55. The Bertz CT molecular complexity index is 936. The Morgan fingerprint density at radius 3 is 2.33 bits per heavy atom. The fourth-order valence-corrected chi connectivity index (χ4v) is 4.01. The van der Waals surface area contributed by atoms with E-state index in [9.17, 15) is 23.6 Å². The van der Waals surface area contributed by atoms with Crippen molar-refractivity contribution in [3.8, 4) is 0 Å². The molecule has 0 bridgehead atoms. The number of sulfone groups is 1. The Balaban J connectivity index is 1.84. The van der Waals surface area contributed by atoms with Crippen LogP contribution in [-0.4, -0.2) is 43.9 Å². The van der Waals surface area contributed by atoms with Gasteiger partial charge in [0, 0.05) is 30.7 Å². The average Bonchev–Trinajstić information content (AvgIpc) is 2.62. The van der Waals surface area contributed by atoms with E-state index in [1.807, 2.05) is 12.1 Å². The van der Waals surface area contributed by atoms with Crippen LogP contribution in [0.4, 0.5) is 22.7 Å². The molecule has 0 aromatic heterocycles. The summed E-state index contributed by atoms with van der Waals surface area (Å²) in [6.07, 6.45) is 2.16. The minimum Gasteiger partial charge on any atom is -0.393 e. The van der Waals surface area contributed by atoms with Gasteiger partial charge in [0.25, 0.3) is 0 Å². The van der Waals surface area contributed by atoms with Gasteiger partial charge in [0.05, 0.1) is 11.0 Å². The van der Waals surface area contributed by atoms with Crippen molar-refractivity contribution in [1.29, 1.82) is 0 Å². The van der Waals surface area contributed by atoms with Crippen LogP contribution in [0.25, 0.3) is 0 Å². The molecule has 27 heavy (non-hydrogen) atoms. The maximum Gasteiger partial charge on any atom is 0.311 e. The van der Waals surface area contributed by atoms with Crippen LogP contribution in [-0.2, 0) is 9.84 Å². The summed E-state index contributed by atoms with van der Waals surface area (Å²) in [5.74, 6) is 0. The molecule has 0 radical (unpaired) electrons. The van der Waals surface area contributed by atoms with Gasteiger partial charge in [-0.15, -0.1) is 0 Å². The maximum absolute atomic E-state index is 11.9. The second-order valence-corrected chi connectivity index (χ2v) is 8.56. The van der Waals surface area contributed by atoms with Crippen molar-refractivity contribution >= 4 is 32.6 Å². The molecule has 9 heteroatoms. The highest BCUT2D eigenvalue weighted by Crippen LogP contribution is 2.34. The van der Waals surface area contributed by atoms with E-state index in [0.717, 1.165) is 37.9 Å². The molecule has 3 rings (SSSR count).